The van der Waals surface area contributed by atoms with E-state index < -0.39 is 11.7 Å². The molecule has 1 fully saturated rings. The molecule has 2 aromatic heterocycles. The molecule has 0 unspecified atom stereocenters. The number of fused-ring (bicyclic) bond motifs is 1. The number of ketones is 1. The van der Waals surface area contributed by atoms with Gasteiger partial charge in [-0.15, -0.1) is 0 Å². The summed E-state index contributed by atoms with van der Waals surface area (Å²) >= 11 is 0. The van der Waals surface area contributed by atoms with Crippen molar-refractivity contribution in [3.8, 4) is 0 Å². The van der Waals surface area contributed by atoms with Crippen molar-refractivity contribution < 1.29 is 19.5 Å². The zero-order valence-electron chi connectivity index (χ0n) is 20.0. The number of benzene rings is 1. The van der Waals surface area contributed by atoms with E-state index in [2.05, 4.69) is 10.1 Å². The van der Waals surface area contributed by atoms with Gasteiger partial charge in [-0.3, -0.25) is 9.78 Å². The molecule has 8 heteroatoms. The average molecular weight is 461 g/mol. The van der Waals surface area contributed by atoms with E-state index in [1.165, 1.54) is 4.57 Å². The van der Waals surface area contributed by atoms with Gasteiger partial charge in [-0.25, -0.2) is 14.3 Å². The Balaban J connectivity index is 2.03. The number of hydrogen-bond acceptors (Lipinski definition) is 7. The van der Waals surface area contributed by atoms with Gasteiger partial charge in [0, 0.05) is 29.4 Å². The monoisotopic (exact) mass is 460 g/mol. The van der Waals surface area contributed by atoms with E-state index in [1.54, 1.807) is 49.7 Å². The van der Waals surface area contributed by atoms with Crippen LogP contribution in [0.25, 0.3) is 16.6 Å². The lowest BCUT2D eigenvalue weighted by Crippen LogP contribution is -2.28. The minimum atomic E-state index is -0.698. The number of carbonyl (C=O) groups excluding carboxylic acids is 2. The Kier molecular flexibility index (Phi) is 6.08. The van der Waals surface area contributed by atoms with Gasteiger partial charge in [0.15, 0.2) is 5.78 Å². The summed E-state index contributed by atoms with van der Waals surface area (Å²) < 4.78 is 7.19. The summed E-state index contributed by atoms with van der Waals surface area (Å²) in [5.74, 6) is 0.494. The van der Waals surface area contributed by atoms with Crippen molar-refractivity contribution in [2.24, 2.45) is 5.16 Å². The van der Waals surface area contributed by atoms with E-state index in [0.29, 0.717) is 44.8 Å². The summed E-state index contributed by atoms with van der Waals surface area (Å²) in [6.45, 7) is 8.92. The Morgan fingerprint density at radius 3 is 2.41 bits per heavy atom. The number of carbonyl (C=O) groups is 2. The van der Waals surface area contributed by atoms with Crippen molar-refractivity contribution in [2.75, 3.05) is 0 Å². The van der Waals surface area contributed by atoms with Gasteiger partial charge >= 0.3 is 6.09 Å². The van der Waals surface area contributed by atoms with Crippen molar-refractivity contribution in [2.45, 2.75) is 59.0 Å². The molecule has 1 aromatic carbocycles. The number of pyridine rings is 1. The quantitative estimate of drug-likeness (QED) is 0.231. The predicted octanol–water partition coefficient (Wildman–Crippen LogP) is 5.58. The molecule has 4 rings (SSSR count). The lowest BCUT2D eigenvalue weighted by molar-refractivity contribution is 0.0538. The number of ether oxygens (including phenoxy) is 1. The van der Waals surface area contributed by atoms with Gasteiger partial charge in [-0.2, -0.15) is 0 Å². The molecule has 0 amide bonds. The van der Waals surface area contributed by atoms with Crippen LogP contribution >= 0.6 is 0 Å². The van der Waals surface area contributed by atoms with E-state index in [-0.39, 0.29) is 11.7 Å². The van der Waals surface area contributed by atoms with Crippen LogP contribution in [0.5, 0.6) is 0 Å². The summed E-state index contributed by atoms with van der Waals surface area (Å²) in [6, 6.07) is 6.82. The second-order valence-corrected chi connectivity index (χ2v) is 9.40. The second-order valence-electron chi connectivity index (χ2n) is 9.40. The third-order valence-electron chi connectivity index (χ3n) is 5.63. The van der Waals surface area contributed by atoms with Crippen molar-refractivity contribution in [3.63, 3.8) is 0 Å². The number of aromatic nitrogens is 3. The van der Waals surface area contributed by atoms with E-state index >= 15 is 0 Å². The van der Waals surface area contributed by atoms with Crippen LogP contribution in [0, 0.1) is 0 Å². The van der Waals surface area contributed by atoms with Crippen LogP contribution in [0.3, 0.4) is 0 Å². The molecule has 176 valence electrons. The maximum absolute atomic E-state index is 13.6. The summed E-state index contributed by atoms with van der Waals surface area (Å²) in [4.78, 5) is 35.7. The highest BCUT2D eigenvalue weighted by molar-refractivity contribution is 6.24. The van der Waals surface area contributed by atoms with Gasteiger partial charge in [0.2, 0.25) is 0 Å². The molecule has 1 N–H and O–H groups in total. The first-order valence-electron chi connectivity index (χ1n) is 11.2. The fraction of sp³-hybridized carbons (Fsp3) is 0.346. The zero-order valence-corrected chi connectivity index (χ0v) is 20.0. The van der Waals surface area contributed by atoms with Gasteiger partial charge in [0.1, 0.15) is 16.9 Å². The Bertz CT molecular complexity index is 1330. The number of allylic oxidation sites excluding steroid dienone is 2. The summed E-state index contributed by atoms with van der Waals surface area (Å²) in [5.41, 5.74) is 2.69. The maximum Gasteiger partial charge on any atom is 0.420 e. The third kappa shape index (κ3) is 4.48. The fourth-order valence-corrected chi connectivity index (χ4v) is 3.94. The highest BCUT2D eigenvalue weighted by Gasteiger charge is 2.34. The van der Waals surface area contributed by atoms with Crippen molar-refractivity contribution in [1.82, 2.24) is 14.5 Å². The molecule has 2 heterocycles. The predicted molar refractivity (Wildman–Crippen MR) is 130 cm³/mol. The smallest absolute Gasteiger partial charge is 0.420 e. The highest BCUT2D eigenvalue weighted by atomic mass is 16.6. The van der Waals surface area contributed by atoms with Gasteiger partial charge in [-0.1, -0.05) is 11.2 Å². The van der Waals surface area contributed by atoms with Crippen LogP contribution in [0.1, 0.15) is 80.7 Å². The lowest BCUT2D eigenvalue weighted by Gasteiger charge is -2.20. The number of hydrogen-bond donors (Lipinski definition) is 1. The molecular weight excluding hydrogens is 432 g/mol. The fourth-order valence-electron chi connectivity index (χ4n) is 3.94. The zero-order chi connectivity index (χ0) is 24.6. The molecule has 0 aliphatic heterocycles. The molecule has 0 spiro atoms. The summed E-state index contributed by atoms with van der Waals surface area (Å²) in [7, 11) is 0. The van der Waals surface area contributed by atoms with Crippen LogP contribution in [0.2, 0.25) is 0 Å². The van der Waals surface area contributed by atoms with E-state index in [0.717, 1.165) is 12.8 Å². The molecule has 0 bridgehead atoms. The van der Waals surface area contributed by atoms with E-state index in [1.807, 2.05) is 27.7 Å². The molecule has 0 saturated heterocycles. The molecule has 34 heavy (non-hydrogen) atoms. The van der Waals surface area contributed by atoms with Crippen molar-refractivity contribution in [1.29, 1.82) is 0 Å². The van der Waals surface area contributed by atoms with Crippen molar-refractivity contribution >= 4 is 34.2 Å². The molecule has 1 aliphatic carbocycles. The van der Waals surface area contributed by atoms with E-state index in [4.69, 9.17) is 9.72 Å². The number of rotatable bonds is 5. The van der Waals surface area contributed by atoms with Gasteiger partial charge in [0.05, 0.1) is 16.8 Å². The van der Waals surface area contributed by atoms with E-state index in [9.17, 15) is 14.8 Å². The first-order chi connectivity index (χ1) is 16.1. The van der Waals surface area contributed by atoms with Crippen LogP contribution in [0.4, 0.5) is 4.79 Å². The van der Waals surface area contributed by atoms with Gasteiger partial charge in [-0.05, 0) is 77.3 Å². The van der Waals surface area contributed by atoms with Crippen molar-refractivity contribution in [3.05, 3.63) is 65.2 Å². The summed E-state index contributed by atoms with van der Waals surface area (Å²) in [5, 5.41) is 12.7. The molecule has 1 saturated carbocycles. The topological polar surface area (TPSA) is 107 Å². The van der Waals surface area contributed by atoms with Crippen LogP contribution in [-0.4, -0.2) is 42.9 Å². The Hall–Kier alpha value is -3.81. The SMILES string of the molecule is C/C=C(/C(C)=NO)c1cc(C(=O)c2ccncc2)c2nc(C3CC3)n(C(=O)OC(C)(C)C)c2c1. The molecular formula is C26H28N4O4. The third-order valence-corrected chi connectivity index (χ3v) is 5.63. The first kappa shape index (κ1) is 23.4. The number of imidazole rings is 1. The molecule has 3 aromatic rings. The standard InChI is InChI=1S/C26H28N4O4/c1-6-19(15(2)29-33)18-13-20(23(31)16-9-11-27-12-10-16)22-21(14-18)30(24(28-22)17-7-8-17)25(32)34-26(3,4)5/h6,9-14,17,33H,7-8H2,1-5H3/b19-6-,29-15?. The highest BCUT2D eigenvalue weighted by Crippen LogP contribution is 2.42. The Labute approximate surface area is 198 Å². The average Bonchev–Trinajstić information content (AvgIpc) is 3.57. The molecule has 0 atom stereocenters. The molecule has 0 radical (unpaired) electrons. The van der Waals surface area contributed by atoms with Gasteiger partial charge < -0.3 is 9.94 Å². The number of oxime groups is 1. The van der Waals surface area contributed by atoms with Crippen LogP contribution in [0.15, 0.2) is 47.9 Å². The molecule has 1 aliphatic rings. The second kappa shape index (κ2) is 8.85. The normalized spacial score (nSPS) is 15.0. The minimum Gasteiger partial charge on any atom is -0.443 e. The lowest BCUT2D eigenvalue weighted by atomic mass is 9.95. The van der Waals surface area contributed by atoms with Gasteiger partial charge in [0.25, 0.3) is 0 Å². The largest absolute Gasteiger partial charge is 0.443 e. The summed E-state index contributed by atoms with van der Waals surface area (Å²) in [6.07, 6.45) is 6.22. The first-order valence-corrected chi connectivity index (χ1v) is 11.2. The molecule has 8 nitrogen and oxygen atoms in total. The number of nitrogens with zero attached hydrogens (tertiary/aromatic N) is 4. The minimum absolute atomic E-state index is 0.133. The Morgan fingerprint density at radius 1 is 1.18 bits per heavy atom. The maximum atomic E-state index is 13.6. The Morgan fingerprint density at radius 2 is 1.85 bits per heavy atom. The van der Waals surface area contributed by atoms with Crippen LogP contribution < -0.4 is 0 Å². The van der Waals surface area contributed by atoms with Crippen LogP contribution in [-0.2, 0) is 4.74 Å².